The maximum Gasteiger partial charge on any atom is 0.230 e. The molecule has 0 aliphatic carbocycles. The van der Waals surface area contributed by atoms with Crippen LogP contribution in [0.1, 0.15) is 22.5 Å². The number of aryl methyl sites for hydroxylation is 1. The number of aromatic nitrogens is 6. The number of hydrogen-bond donors (Lipinski definition) is 1. The van der Waals surface area contributed by atoms with Gasteiger partial charge in [0.2, 0.25) is 11.1 Å². The summed E-state index contributed by atoms with van der Waals surface area (Å²) in [4.78, 5) is 12.5. The number of amides is 1. The molecule has 0 aliphatic heterocycles. The fraction of sp³-hybridized carbons (Fsp3) is 0.227. The largest absolute Gasteiger partial charge is 0.351 e. The van der Waals surface area contributed by atoms with Gasteiger partial charge in [0, 0.05) is 22.8 Å². The van der Waals surface area contributed by atoms with E-state index < -0.39 is 0 Å². The van der Waals surface area contributed by atoms with Crippen molar-refractivity contribution in [1.29, 1.82) is 0 Å². The summed E-state index contributed by atoms with van der Waals surface area (Å²) in [6.07, 6.45) is 0. The summed E-state index contributed by atoms with van der Waals surface area (Å²) in [5, 5.41) is 20.5. The van der Waals surface area contributed by atoms with E-state index in [4.69, 9.17) is 11.6 Å². The minimum Gasteiger partial charge on any atom is -0.351 e. The molecule has 1 amide bonds. The van der Waals surface area contributed by atoms with Gasteiger partial charge in [-0.2, -0.15) is 9.78 Å². The lowest BCUT2D eigenvalue weighted by Crippen LogP contribution is -2.25. The molecule has 0 fully saturated rings. The number of nitrogens with one attached hydrogen (secondary N) is 1. The van der Waals surface area contributed by atoms with Crippen LogP contribution in [0.5, 0.6) is 0 Å². The Labute approximate surface area is 195 Å². The van der Waals surface area contributed by atoms with Crippen molar-refractivity contribution in [2.75, 3.05) is 5.75 Å². The molecular formula is C22H22ClN7OS. The lowest BCUT2D eigenvalue weighted by molar-refractivity contribution is -0.118. The number of carbonyl (C=O) groups is 1. The zero-order valence-corrected chi connectivity index (χ0v) is 19.3. The SMILES string of the molecule is Cc1nn(Cc2ccccc2)c(C)c1CNC(=O)CSc1nnnn1-c1ccc(Cl)cc1. The van der Waals surface area contributed by atoms with E-state index in [1.54, 1.807) is 16.8 Å². The van der Waals surface area contributed by atoms with Crippen molar-refractivity contribution in [3.8, 4) is 5.69 Å². The minimum atomic E-state index is -0.102. The van der Waals surface area contributed by atoms with Crippen molar-refractivity contribution in [2.45, 2.75) is 32.1 Å². The average Bonchev–Trinajstić information content (AvgIpc) is 3.36. The smallest absolute Gasteiger partial charge is 0.230 e. The van der Waals surface area contributed by atoms with Crippen LogP contribution in [0.15, 0.2) is 59.8 Å². The fourth-order valence-corrected chi connectivity index (χ4v) is 4.13. The Kier molecular flexibility index (Phi) is 6.87. The molecule has 0 aliphatic rings. The molecular weight excluding hydrogens is 446 g/mol. The van der Waals surface area contributed by atoms with Crippen LogP contribution in [0.2, 0.25) is 5.02 Å². The maximum atomic E-state index is 12.5. The van der Waals surface area contributed by atoms with Crippen LogP contribution in [0.25, 0.3) is 5.69 Å². The van der Waals surface area contributed by atoms with Crippen LogP contribution >= 0.6 is 23.4 Å². The van der Waals surface area contributed by atoms with Crippen LogP contribution in [0.3, 0.4) is 0 Å². The fourth-order valence-electron chi connectivity index (χ4n) is 3.28. The third-order valence-electron chi connectivity index (χ3n) is 5.01. The van der Waals surface area contributed by atoms with Gasteiger partial charge in [0.15, 0.2) is 0 Å². The minimum absolute atomic E-state index is 0.102. The van der Waals surface area contributed by atoms with Crippen molar-refractivity contribution < 1.29 is 4.79 Å². The maximum absolute atomic E-state index is 12.5. The molecule has 2 aromatic heterocycles. The number of rotatable bonds is 8. The molecule has 1 N–H and O–H groups in total. The molecule has 0 spiro atoms. The van der Waals surface area contributed by atoms with Gasteiger partial charge in [-0.05, 0) is 54.1 Å². The van der Waals surface area contributed by atoms with Crippen LogP contribution in [-0.2, 0) is 17.9 Å². The number of halogens is 1. The van der Waals surface area contributed by atoms with E-state index in [9.17, 15) is 4.79 Å². The highest BCUT2D eigenvalue weighted by atomic mass is 35.5. The lowest BCUT2D eigenvalue weighted by atomic mass is 10.2. The highest BCUT2D eigenvalue weighted by molar-refractivity contribution is 7.99. The zero-order valence-electron chi connectivity index (χ0n) is 17.7. The molecule has 8 nitrogen and oxygen atoms in total. The molecule has 0 saturated carbocycles. The van der Waals surface area contributed by atoms with E-state index in [0.29, 0.717) is 23.3 Å². The number of thioether (sulfide) groups is 1. The van der Waals surface area contributed by atoms with E-state index in [1.165, 1.54) is 17.3 Å². The molecule has 0 saturated heterocycles. The average molecular weight is 468 g/mol. The molecule has 4 aromatic rings. The zero-order chi connectivity index (χ0) is 22.5. The molecule has 0 radical (unpaired) electrons. The molecule has 10 heteroatoms. The quantitative estimate of drug-likeness (QED) is 0.398. The third kappa shape index (κ3) is 5.17. The van der Waals surface area contributed by atoms with Crippen molar-refractivity contribution in [3.05, 3.63) is 82.1 Å². The first-order chi connectivity index (χ1) is 15.5. The first kappa shape index (κ1) is 22.0. The van der Waals surface area contributed by atoms with Crippen LogP contribution < -0.4 is 5.32 Å². The number of hydrogen-bond acceptors (Lipinski definition) is 6. The van der Waals surface area contributed by atoms with Gasteiger partial charge < -0.3 is 5.32 Å². The summed E-state index contributed by atoms with van der Waals surface area (Å²) in [7, 11) is 0. The summed E-state index contributed by atoms with van der Waals surface area (Å²) < 4.78 is 3.55. The lowest BCUT2D eigenvalue weighted by Gasteiger charge is -2.08. The molecule has 0 bridgehead atoms. The van der Waals surface area contributed by atoms with E-state index >= 15 is 0 Å². The van der Waals surface area contributed by atoms with Gasteiger partial charge >= 0.3 is 0 Å². The normalized spacial score (nSPS) is 11.0. The Morgan fingerprint density at radius 1 is 1.09 bits per heavy atom. The number of benzene rings is 2. The third-order valence-corrected chi connectivity index (χ3v) is 6.18. The Bertz CT molecular complexity index is 1210. The van der Waals surface area contributed by atoms with Crippen molar-refractivity contribution >= 4 is 29.3 Å². The molecule has 164 valence electrons. The summed E-state index contributed by atoms with van der Waals surface area (Å²) in [6, 6.07) is 17.4. The first-order valence-electron chi connectivity index (χ1n) is 10.0. The van der Waals surface area contributed by atoms with E-state index in [0.717, 1.165) is 22.6 Å². The Hall–Kier alpha value is -3.17. The van der Waals surface area contributed by atoms with Crippen molar-refractivity contribution in [3.63, 3.8) is 0 Å². The monoisotopic (exact) mass is 467 g/mol. The summed E-state index contributed by atoms with van der Waals surface area (Å²) >= 11 is 7.21. The second kappa shape index (κ2) is 9.97. The summed E-state index contributed by atoms with van der Waals surface area (Å²) in [6.45, 7) is 5.11. The van der Waals surface area contributed by atoms with Crippen LogP contribution in [-0.4, -0.2) is 41.6 Å². The summed E-state index contributed by atoms with van der Waals surface area (Å²) in [5.41, 5.74) is 4.96. The van der Waals surface area contributed by atoms with Gasteiger partial charge in [0.1, 0.15) is 0 Å². The van der Waals surface area contributed by atoms with Crippen LogP contribution in [0, 0.1) is 13.8 Å². The molecule has 0 unspecified atom stereocenters. The predicted molar refractivity (Wildman–Crippen MR) is 124 cm³/mol. The highest BCUT2D eigenvalue weighted by Crippen LogP contribution is 2.20. The molecule has 2 heterocycles. The second-order valence-corrected chi connectivity index (χ2v) is 8.59. The first-order valence-corrected chi connectivity index (χ1v) is 11.4. The topological polar surface area (TPSA) is 90.5 Å². The molecule has 4 rings (SSSR count). The number of nitrogens with zero attached hydrogens (tertiary/aromatic N) is 6. The summed E-state index contributed by atoms with van der Waals surface area (Å²) in [5.74, 6) is 0.0970. The van der Waals surface area contributed by atoms with E-state index in [-0.39, 0.29) is 11.7 Å². The number of carbonyl (C=O) groups excluding carboxylic acids is 1. The predicted octanol–water partition coefficient (Wildman–Crippen LogP) is 3.59. The second-order valence-electron chi connectivity index (χ2n) is 7.21. The van der Waals surface area contributed by atoms with Gasteiger partial charge in [-0.15, -0.1) is 5.10 Å². The highest BCUT2D eigenvalue weighted by Gasteiger charge is 2.15. The molecule has 0 atom stereocenters. The van der Waals surface area contributed by atoms with Gasteiger partial charge in [0.05, 0.1) is 23.7 Å². The van der Waals surface area contributed by atoms with Gasteiger partial charge in [-0.1, -0.05) is 53.7 Å². The molecule has 32 heavy (non-hydrogen) atoms. The number of tetrazole rings is 1. The van der Waals surface area contributed by atoms with E-state index in [2.05, 4.69) is 38.1 Å². The molecule has 2 aromatic carbocycles. The van der Waals surface area contributed by atoms with Gasteiger partial charge in [0.25, 0.3) is 0 Å². The van der Waals surface area contributed by atoms with Gasteiger partial charge in [-0.3, -0.25) is 9.48 Å². The Morgan fingerprint density at radius 2 is 1.84 bits per heavy atom. The Balaban J connectivity index is 1.34. The van der Waals surface area contributed by atoms with Gasteiger partial charge in [-0.25, -0.2) is 0 Å². The van der Waals surface area contributed by atoms with Crippen LogP contribution in [0.4, 0.5) is 0 Å². The van der Waals surface area contributed by atoms with Crippen molar-refractivity contribution in [2.24, 2.45) is 0 Å². The van der Waals surface area contributed by atoms with E-state index in [1.807, 2.05) is 48.9 Å². The Morgan fingerprint density at radius 3 is 2.59 bits per heavy atom. The standard InChI is InChI=1S/C22H22ClN7OS/c1-15-20(16(2)29(26-15)13-17-6-4-3-5-7-17)12-24-21(31)14-32-22-25-27-28-30(22)19-10-8-18(23)9-11-19/h3-11H,12-14H2,1-2H3,(H,24,31). The van der Waals surface area contributed by atoms with Crippen molar-refractivity contribution in [1.82, 2.24) is 35.3 Å².